The summed E-state index contributed by atoms with van der Waals surface area (Å²) in [5.74, 6) is -0.699. The molecule has 6 aromatic rings. The van der Waals surface area contributed by atoms with Gasteiger partial charge in [0.2, 0.25) is 0 Å². The molecule has 38 heavy (non-hydrogen) atoms. The molecule has 2 amide bonds. The number of fused-ring (bicyclic) bond motifs is 4. The van der Waals surface area contributed by atoms with Crippen LogP contribution in [0.1, 0.15) is 26.3 Å². The number of amides is 2. The van der Waals surface area contributed by atoms with Gasteiger partial charge in [-0.2, -0.15) is 5.26 Å². The number of hydrogen-bond acceptors (Lipinski definition) is 3. The maximum atomic E-state index is 14.0. The normalized spacial score (nSPS) is 12.8. The highest BCUT2D eigenvalue weighted by molar-refractivity contribution is 6.35. The van der Waals surface area contributed by atoms with Gasteiger partial charge in [0.05, 0.1) is 45.2 Å². The quantitative estimate of drug-likeness (QED) is 0.249. The fourth-order valence-corrected chi connectivity index (χ4v) is 5.45. The van der Waals surface area contributed by atoms with E-state index < -0.39 is 0 Å². The highest BCUT2D eigenvalue weighted by atomic mass is 16.2. The third-order valence-electron chi connectivity index (χ3n) is 7.15. The van der Waals surface area contributed by atoms with Gasteiger partial charge in [0.25, 0.3) is 11.8 Å². The molecular formula is C33H19N3O2. The zero-order valence-electron chi connectivity index (χ0n) is 20.1. The van der Waals surface area contributed by atoms with Crippen molar-refractivity contribution in [3.05, 3.63) is 132 Å². The van der Waals surface area contributed by atoms with Crippen LogP contribution in [0, 0.1) is 11.3 Å². The molecule has 2 heterocycles. The third-order valence-corrected chi connectivity index (χ3v) is 7.15. The summed E-state index contributed by atoms with van der Waals surface area (Å²) < 4.78 is 2.01. The van der Waals surface area contributed by atoms with Gasteiger partial charge in [0.1, 0.15) is 0 Å². The molecule has 1 aliphatic rings. The second kappa shape index (κ2) is 8.29. The van der Waals surface area contributed by atoms with Gasteiger partial charge in [0, 0.05) is 10.8 Å². The predicted molar refractivity (Wildman–Crippen MR) is 149 cm³/mol. The van der Waals surface area contributed by atoms with Crippen molar-refractivity contribution in [1.82, 2.24) is 4.57 Å². The van der Waals surface area contributed by atoms with E-state index in [-0.39, 0.29) is 11.8 Å². The lowest BCUT2D eigenvalue weighted by atomic mass is 10.0. The first-order chi connectivity index (χ1) is 18.7. The van der Waals surface area contributed by atoms with Gasteiger partial charge in [-0.15, -0.1) is 0 Å². The monoisotopic (exact) mass is 489 g/mol. The Labute approximate surface area is 218 Å². The van der Waals surface area contributed by atoms with E-state index >= 15 is 0 Å². The molecule has 1 aliphatic heterocycles. The van der Waals surface area contributed by atoms with E-state index in [2.05, 4.69) is 6.07 Å². The molecule has 0 atom stereocenters. The van der Waals surface area contributed by atoms with E-state index in [1.54, 1.807) is 18.2 Å². The SMILES string of the molecule is N#Cc1ccc2c(c1)c1ccccc1n2-c1cccc2c1C(=O)N(c1cccc(-c3ccccc3)c1)C2=O. The van der Waals surface area contributed by atoms with Crippen molar-refractivity contribution in [3.8, 4) is 22.9 Å². The number of benzene rings is 5. The van der Waals surface area contributed by atoms with E-state index in [0.717, 1.165) is 32.9 Å². The lowest BCUT2D eigenvalue weighted by molar-refractivity contribution is 0.0926. The van der Waals surface area contributed by atoms with Crippen LogP contribution in [0.3, 0.4) is 0 Å². The summed E-state index contributed by atoms with van der Waals surface area (Å²) >= 11 is 0. The Morgan fingerprint density at radius 2 is 1.34 bits per heavy atom. The number of carbonyl (C=O) groups excluding carboxylic acids is 2. The molecule has 178 valence electrons. The molecule has 0 N–H and O–H groups in total. The Kier molecular flexibility index (Phi) is 4.75. The summed E-state index contributed by atoms with van der Waals surface area (Å²) in [7, 11) is 0. The number of imide groups is 1. The Morgan fingerprint density at radius 1 is 0.605 bits per heavy atom. The summed E-state index contributed by atoms with van der Waals surface area (Å²) in [6.45, 7) is 0. The Morgan fingerprint density at radius 3 is 2.18 bits per heavy atom. The largest absolute Gasteiger partial charge is 0.308 e. The molecule has 5 aromatic carbocycles. The Hall–Kier alpha value is -5.47. The first-order valence-corrected chi connectivity index (χ1v) is 12.3. The van der Waals surface area contributed by atoms with Gasteiger partial charge in [-0.1, -0.05) is 66.7 Å². The van der Waals surface area contributed by atoms with Gasteiger partial charge < -0.3 is 4.57 Å². The first-order valence-electron chi connectivity index (χ1n) is 12.3. The van der Waals surface area contributed by atoms with Crippen LogP contribution in [0.2, 0.25) is 0 Å². The topological polar surface area (TPSA) is 66.1 Å². The summed E-state index contributed by atoms with van der Waals surface area (Å²) in [4.78, 5) is 28.9. The van der Waals surface area contributed by atoms with Crippen molar-refractivity contribution < 1.29 is 9.59 Å². The molecule has 0 unspecified atom stereocenters. The second-order valence-corrected chi connectivity index (χ2v) is 9.26. The number of anilines is 1. The third kappa shape index (κ3) is 3.11. The minimum absolute atomic E-state index is 0.343. The number of carbonyl (C=O) groups is 2. The molecule has 0 saturated heterocycles. The molecule has 5 nitrogen and oxygen atoms in total. The fourth-order valence-electron chi connectivity index (χ4n) is 5.45. The number of para-hydroxylation sites is 1. The van der Waals surface area contributed by atoms with Crippen molar-refractivity contribution in [2.75, 3.05) is 4.90 Å². The van der Waals surface area contributed by atoms with Gasteiger partial charge in [-0.25, -0.2) is 4.90 Å². The van der Waals surface area contributed by atoms with Gasteiger partial charge in [-0.3, -0.25) is 9.59 Å². The van der Waals surface area contributed by atoms with Crippen LogP contribution in [-0.4, -0.2) is 16.4 Å². The fraction of sp³-hybridized carbons (Fsp3) is 0. The molecule has 0 fully saturated rings. The standard InChI is InChI=1S/C33H19N3O2/c34-20-21-16-17-29-27(18-21)25-12-4-5-14-28(25)36(29)30-15-7-13-26-31(30)33(38)35(32(26)37)24-11-6-10-23(19-24)22-8-2-1-3-9-22/h1-19H. The molecule has 1 aromatic heterocycles. The van der Waals surface area contributed by atoms with Crippen LogP contribution in [0.5, 0.6) is 0 Å². The van der Waals surface area contributed by atoms with Crippen LogP contribution in [-0.2, 0) is 0 Å². The van der Waals surface area contributed by atoms with Crippen LogP contribution in [0.4, 0.5) is 5.69 Å². The highest BCUT2D eigenvalue weighted by Crippen LogP contribution is 2.38. The average Bonchev–Trinajstić information content (AvgIpc) is 3.44. The van der Waals surface area contributed by atoms with E-state index in [1.807, 2.05) is 102 Å². The van der Waals surface area contributed by atoms with Crippen molar-refractivity contribution in [1.29, 1.82) is 5.26 Å². The van der Waals surface area contributed by atoms with E-state index in [0.29, 0.717) is 28.1 Å². The lowest BCUT2D eigenvalue weighted by Crippen LogP contribution is -2.29. The van der Waals surface area contributed by atoms with Crippen molar-refractivity contribution in [2.45, 2.75) is 0 Å². The number of hydrogen-bond donors (Lipinski definition) is 0. The number of rotatable bonds is 3. The van der Waals surface area contributed by atoms with Crippen molar-refractivity contribution in [3.63, 3.8) is 0 Å². The smallest absolute Gasteiger partial charge is 0.268 e. The maximum Gasteiger partial charge on any atom is 0.268 e. The Bertz CT molecular complexity index is 1980. The van der Waals surface area contributed by atoms with E-state index in [9.17, 15) is 14.9 Å². The molecule has 0 spiro atoms. The second-order valence-electron chi connectivity index (χ2n) is 9.26. The molecule has 0 bridgehead atoms. The molecule has 0 aliphatic carbocycles. The van der Waals surface area contributed by atoms with Crippen molar-refractivity contribution >= 4 is 39.3 Å². The molecule has 5 heteroatoms. The average molecular weight is 490 g/mol. The van der Waals surface area contributed by atoms with Crippen LogP contribution < -0.4 is 4.90 Å². The molecular weight excluding hydrogens is 470 g/mol. The zero-order valence-corrected chi connectivity index (χ0v) is 20.1. The molecule has 0 saturated carbocycles. The summed E-state index contributed by atoms with van der Waals surface area (Å²) in [5.41, 5.74) is 6.17. The van der Waals surface area contributed by atoms with Gasteiger partial charge >= 0.3 is 0 Å². The van der Waals surface area contributed by atoms with E-state index in [1.165, 1.54) is 4.90 Å². The summed E-state index contributed by atoms with van der Waals surface area (Å²) in [6.07, 6.45) is 0. The summed E-state index contributed by atoms with van der Waals surface area (Å²) in [5, 5.41) is 11.4. The number of nitriles is 1. The van der Waals surface area contributed by atoms with E-state index in [4.69, 9.17) is 0 Å². The lowest BCUT2D eigenvalue weighted by Gasteiger charge is -2.16. The van der Waals surface area contributed by atoms with Crippen LogP contribution in [0.25, 0.3) is 38.6 Å². The maximum absolute atomic E-state index is 14.0. The highest BCUT2D eigenvalue weighted by Gasteiger charge is 2.39. The number of nitrogens with zero attached hydrogens (tertiary/aromatic N) is 3. The van der Waals surface area contributed by atoms with Gasteiger partial charge in [-0.05, 0) is 59.7 Å². The molecule has 7 rings (SSSR count). The van der Waals surface area contributed by atoms with Gasteiger partial charge in [0.15, 0.2) is 0 Å². The zero-order chi connectivity index (χ0) is 25.8. The molecule has 0 radical (unpaired) electrons. The summed E-state index contributed by atoms with van der Waals surface area (Å²) in [6, 6.07) is 38.4. The van der Waals surface area contributed by atoms with Crippen molar-refractivity contribution in [2.24, 2.45) is 0 Å². The van der Waals surface area contributed by atoms with Crippen LogP contribution >= 0.6 is 0 Å². The number of aromatic nitrogens is 1. The Balaban J connectivity index is 1.42. The first kappa shape index (κ1) is 21.8. The minimum Gasteiger partial charge on any atom is -0.308 e. The predicted octanol–water partition coefficient (Wildman–Crippen LogP) is 7.12. The minimum atomic E-state index is -0.356. The van der Waals surface area contributed by atoms with Crippen LogP contribution in [0.15, 0.2) is 115 Å².